The van der Waals surface area contributed by atoms with E-state index < -0.39 is 15.7 Å². The number of methoxy groups -OCH3 is 1. The van der Waals surface area contributed by atoms with Crippen LogP contribution in [0.1, 0.15) is 30.1 Å². The molecule has 0 bridgehead atoms. The first-order valence-corrected chi connectivity index (χ1v) is 11.4. The van der Waals surface area contributed by atoms with Crippen molar-refractivity contribution in [3.05, 3.63) is 42.0 Å². The number of nitrogens with zero attached hydrogens (tertiary/aromatic N) is 1. The van der Waals surface area contributed by atoms with Crippen LogP contribution >= 0.6 is 12.2 Å². The maximum absolute atomic E-state index is 12.3. The second-order valence-corrected chi connectivity index (χ2v) is 9.72. The number of nitrogens with one attached hydrogen (secondary N) is 1. The molecule has 1 amide bonds. The van der Waals surface area contributed by atoms with Gasteiger partial charge >= 0.3 is 0 Å². The van der Waals surface area contributed by atoms with Gasteiger partial charge in [0, 0.05) is 19.2 Å². The molecule has 1 aromatic carbocycles. The number of amides is 1. The lowest BCUT2D eigenvalue weighted by molar-refractivity contribution is 0.0880. The normalized spacial score (nSPS) is 14.5. The van der Waals surface area contributed by atoms with Crippen molar-refractivity contribution in [2.45, 2.75) is 36.0 Å². The molecule has 0 unspecified atom stereocenters. The number of carbonyl (C=O) groups excluding carboxylic acids is 1. The number of thiocarbonyl (C=S) groups is 1. The van der Waals surface area contributed by atoms with Gasteiger partial charge in [0.15, 0.2) is 14.9 Å². The van der Waals surface area contributed by atoms with Gasteiger partial charge in [-0.05, 0) is 56.2 Å². The fourth-order valence-corrected chi connectivity index (χ4v) is 4.52. The van der Waals surface area contributed by atoms with Gasteiger partial charge in [-0.1, -0.05) is 0 Å². The standard InChI is InChI=1S/C20H23N3O6S2/c1-12(11-27-2)28-17-9-13(19(24)23-20(21)30)10-18(22-17)29-14-3-5-15(6-4-14)31(25,26)16-7-8-16/h3-6,9-10,12,16H,7-8,11H2,1-2H3,(H3,21,23,24,30)/t12-/m1/s1. The summed E-state index contributed by atoms with van der Waals surface area (Å²) in [6.45, 7) is 2.10. The number of rotatable bonds is 9. The van der Waals surface area contributed by atoms with E-state index in [1.165, 1.54) is 36.4 Å². The van der Waals surface area contributed by atoms with Gasteiger partial charge in [0.1, 0.15) is 11.9 Å². The van der Waals surface area contributed by atoms with Crippen molar-refractivity contribution >= 4 is 33.1 Å². The molecule has 9 nitrogen and oxygen atoms in total. The Labute approximate surface area is 185 Å². The number of sulfone groups is 1. The zero-order valence-corrected chi connectivity index (χ0v) is 18.7. The van der Waals surface area contributed by atoms with Crippen molar-refractivity contribution in [2.24, 2.45) is 5.73 Å². The van der Waals surface area contributed by atoms with Gasteiger partial charge in [0.05, 0.1) is 22.3 Å². The Hall–Kier alpha value is -2.76. The van der Waals surface area contributed by atoms with Crippen LogP contribution in [-0.2, 0) is 14.6 Å². The summed E-state index contributed by atoms with van der Waals surface area (Å²) in [5.74, 6) is 0.0241. The molecule has 11 heteroatoms. The van der Waals surface area contributed by atoms with Crippen molar-refractivity contribution in [3.63, 3.8) is 0 Å². The summed E-state index contributed by atoms with van der Waals surface area (Å²) in [6, 6.07) is 8.88. The zero-order chi connectivity index (χ0) is 22.6. The lowest BCUT2D eigenvalue weighted by Gasteiger charge is -2.15. The fraction of sp³-hybridized carbons (Fsp3) is 0.350. The summed E-state index contributed by atoms with van der Waals surface area (Å²) in [6.07, 6.45) is 1.05. The van der Waals surface area contributed by atoms with Gasteiger partial charge in [-0.3, -0.25) is 10.1 Å². The summed E-state index contributed by atoms with van der Waals surface area (Å²) in [4.78, 5) is 16.8. The molecule has 1 fully saturated rings. The number of hydrogen-bond acceptors (Lipinski definition) is 8. The Morgan fingerprint density at radius 2 is 1.90 bits per heavy atom. The number of carbonyl (C=O) groups is 1. The highest BCUT2D eigenvalue weighted by Crippen LogP contribution is 2.34. The van der Waals surface area contributed by atoms with Crippen molar-refractivity contribution in [1.29, 1.82) is 0 Å². The van der Waals surface area contributed by atoms with Gasteiger partial charge < -0.3 is 19.9 Å². The first kappa shape index (κ1) is 22.9. The number of nitrogens with two attached hydrogens (primary N) is 1. The number of hydrogen-bond donors (Lipinski definition) is 2. The molecule has 3 rings (SSSR count). The van der Waals surface area contributed by atoms with Gasteiger partial charge in [-0.25, -0.2) is 8.42 Å². The van der Waals surface area contributed by atoms with E-state index in [2.05, 4.69) is 10.3 Å². The van der Waals surface area contributed by atoms with Crippen molar-refractivity contribution in [3.8, 4) is 17.5 Å². The molecular weight excluding hydrogens is 442 g/mol. The molecule has 0 saturated heterocycles. The number of pyridine rings is 1. The van der Waals surface area contributed by atoms with Crippen molar-refractivity contribution in [2.75, 3.05) is 13.7 Å². The SMILES string of the molecule is COC[C@@H](C)Oc1cc(C(=O)NC(N)=S)cc(Oc2ccc(S(=O)(=O)C3CC3)cc2)n1. The maximum atomic E-state index is 12.3. The molecule has 1 atom stereocenters. The summed E-state index contributed by atoms with van der Waals surface area (Å²) in [5, 5.41) is 1.87. The van der Waals surface area contributed by atoms with E-state index in [4.69, 9.17) is 32.2 Å². The quantitative estimate of drug-likeness (QED) is 0.535. The molecule has 1 heterocycles. The van der Waals surface area contributed by atoms with Crippen LogP contribution in [0.25, 0.3) is 0 Å². The first-order chi connectivity index (χ1) is 14.7. The lowest BCUT2D eigenvalue weighted by atomic mass is 10.2. The molecule has 2 aromatic rings. The minimum Gasteiger partial charge on any atom is -0.472 e. The molecule has 1 aliphatic rings. The van der Waals surface area contributed by atoms with E-state index in [1.807, 2.05) is 0 Å². The van der Waals surface area contributed by atoms with E-state index in [1.54, 1.807) is 14.0 Å². The average molecular weight is 466 g/mol. The number of benzene rings is 1. The van der Waals surface area contributed by atoms with E-state index in [9.17, 15) is 13.2 Å². The Morgan fingerprint density at radius 3 is 2.48 bits per heavy atom. The van der Waals surface area contributed by atoms with Gasteiger partial charge in [-0.2, -0.15) is 4.98 Å². The molecule has 166 valence electrons. The van der Waals surface area contributed by atoms with E-state index >= 15 is 0 Å². The fourth-order valence-electron chi connectivity index (χ4n) is 2.77. The van der Waals surface area contributed by atoms with Gasteiger partial charge in [0.25, 0.3) is 5.91 Å². The third kappa shape index (κ3) is 6.12. The Kier molecular flexibility index (Phi) is 7.08. The highest BCUT2D eigenvalue weighted by atomic mass is 32.2. The zero-order valence-electron chi connectivity index (χ0n) is 17.0. The molecule has 31 heavy (non-hydrogen) atoms. The minimum atomic E-state index is -3.29. The third-order valence-electron chi connectivity index (χ3n) is 4.34. The van der Waals surface area contributed by atoms with Crippen LogP contribution in [0.5, 0.6) is 17.5 Å². The van der Waals surface area contributed by atoms with Crippen LogP contribution in [-0.4, -0.2) is 49.5 Å². The highest BCUT2D eigenvalue weighted by molar-refractivity contribution is 7.92. The van der Waals surface area contributed by atoms with Crippen LogP contribution in [0, 0.1) is 0 Å². The Balaban J connectivity index is 1.84. The van der Waals surface area contributed by atoms with Crippen LogP contribution < -0.4 is 20.5 Å². The summed E-state index contributed by atoms with van der Waals surface area (Å²) < 4.78 is 41.1. The lowest BCUT2D eigenvalue weighted by Crippen LogP contribution is -2.34. The maximum Gasteiger partial charge on any atom is 0.257 e. The second kappa shape index (κ2) is 9.58. The van der Waals surface area contributed by atoms with E-state index in [0.717, 1.165) is 0 Å². The predicted octanol–water partition coefficient (Wildman–Crippen LogP) is 2.20. The largest absolute Gasteiger partial charge is 0.472 e. The molecule has 1 aliphatic carbocycles. The summed E-state index contributed by atoms with van der Waals surface area (Å²) >= 11 is 4.71. The summed E-state index contributed by atoms with van der Waals surface area (Å²) in [5.41, 5.74) is 5.55. The highest BCUT2D eigenvalue weighted by Gasteiger charge is 2.36. The predicted molar refractivity (Wildman–Crippen MR) is 117 cm³/mol. The average Bonchev–Trinajstić information content (AvgIpc) is 3.54. The van der Waals surface area contributed by atoms with E-state index in [0.29, 0.717) is 25.2 Å². The molecule has 1 aromatic heterocycles. The minimum absolute atomic E-state index is 0.0769. The van der Waals surface area contributed by atoms with Gasteiger partial charge in [0.2, 0.25) is 11.8 Å². The van der Waals surface area contributed by atoms with Crippen LogP contribution in [0.4, 0.5) is 0 Å². The molecule has 0 radical (unpaired) electrons. The number of aromatic nitrogens is 1. The van der Waals surface area contributed by atoms with Crippen LogP contribution in [0.2, 0.25) is 0 Å². The molecule has 0 spiro atoms. The second-order valence-electron chi connectivity index (χ2n) is 7.05. The van der Waals surface area contributed by atoms with Crippen molar-refractivity contribution < 1.29 is 27.4 Å². The molecule has 0 aliphatic heterocycles. The van der Waals surface area contributed by atoms with Crippen molar-refractivity contribution in [1.82, 2.24) is 10.3 Å². The molecular formula is C20H23N3O6S2. The topological polar surface area (TPSA) is 130 Å². The monoisotopic (exact) mass is 465 g/mol. The third-order valence-corrected chi connectivity index (χ3v) is 6.72. The molecule has 1 saturated carbocycles. The van der Waals surface area contributed by atoms with Crippen LogP contribution in [0.15, 0.2) is 41.3 Å². The summed E-state index contributed by atoms with van der Waals surface area (Å²) in [7, 11) is -1.75. The Morgan fingerprint density at radius 1 is 1.26 bits per heavy atom. The number of ether oxygens (including phenoxy) is 3. The van der Waals surface area contributed by atoms with E-state index in [-0.39, 0.29) is 38.7 Å². The first-order valence-electron chi connectivity index (χ1n) is 9.49. The Bertz CT molecular complexity index is 1070. The molecule has 3 N–H and O–H groups in total. The van der Waals surface area contributed by atoms with Gasteiger partial charge in [-0.15, -0.1) is 0 Å². The smallest absolute Gasteiger partial charge is 0.257 e. The van der Waals surface area contributed by atoms with Crippen LogP contribution in [0.3, 0.4) is 0 Å².